The lowest BCUT2D eigenvalue weighted by molar-refractivity contribution is 0.0590. The van der Waals surface area contributed by atoms with E-state index >= 15 is 0 Å². The number of aromatic nitrogens is 2. The van der Waals surface area contributed by atoms with E-state index in [2.05, 4.69) is 14.8 Å². The van der Waals surface area contributed by atoms with Crippen LogP contribution in [0.25, 0.3) is 11.0 Å². The van der Waals surface area contributed by atoms with E-state index in [-0.39, 0.29) is 5.91 Å². The second-order valence-electron chi connectivity index (χ2n) is 10.6. The zero-order valence-electron chi connectivity index (χ0n) is 23.9. The number of methoxy groups -OCH3 is 3. The van der Waals surface area contributed by atoms with Crippen LogP contribution in [0.5, 0.6) is 17.2 Å². The maximum Gasteiger partial charge on any atom is 0.253 e. The van der Waals surface area contributed by atoms with Crippen LogP contribution >= 0.6 is 0 Å². The largest absolute Gasteiger partial charge is 0.493 e. The van der Waals surface area contributed by atoms with Crippen LogP contribution in [0.15, 0.2) is 30.3 Å². The third-order valence-electron chi connectivity index (χ3n) is 8.16. The molecule has 1 amide bonds. The van der Waals surface area contributed by atoms with Crippen LogP contribution in [0, 0.1) is 0 Å². The van der Waals surface area contributed by atoms with Crippen molar-refractivity contribution in [3.05, 3.63) is 35.9 Å². The highest BCUT2D eigenvalue weighted by Crippen LogP contribution is 2.41. The summed E-state index contributed by atoms with van der Waals surface area (Å²) in [6, 6.07) is 10.1. The molecule has 0 saturated carbocycles. The first kappa shape index (κ1) is 28.0. The summed E-state index contributed by atoms with van der Waals surface area (Å²) in [6.07, 6.45) is 6.81. The molecule has 3 aromatic rings. The summed E-state index contributed by atoms with van der Waals surface area (Å²) in [5.41, 5.74) is 9.02. The van der Waals surface area contributed by atoms with Crippen LogP contribution in [0.1, 0.15) is 48.9 Å². The number of carbonyl (C=O) groups is 1. The highest BCUT2D eigenvalue weighted by atomic mass is 16.5. The summed E-state index contributed by atoms with van der Waals surface area (Å²) >= 11 is 0. The van der Waals surface area contributed by atoms with E-state index in [0.29, 0.717) is 47.9 Å². The van der Waals surface area contributed by atoms with Gasteiger partial charge < -0.3 is 39.6 Å². The van der Waals surface area contributed by atoms with Gasteiger partial charge in [0.05, 0.1) is 32.4 Å². The van der Waals surface area contributed by atoms with Gasteiger partial charge in [-0.05, 0) is 69.9 Å². The predicted octanol–water partition coefficient (Wildman–Crippen LogP) is 4.25. The Balaban J connectivity index is 1.38. The number of imidazole rings is 1. The van der Waals surface area contributed by atoms with Crippen LogP contribution < -0.4 is 25.3 Å². The number of nitrogens with two attached hydrogens (primary N) is 1. The second-order valence-corrected chi connectivity index (χ2v) is 10.6. The van der Waals surface area contributed by atoms with Gasteiger partial charge in [0, 0.05) is 49.1 Å². The Morgan fingerprint density at radius 1 is 0.975 bits per heavy atom. The molecule has 2 aliphatic rings. The minimum Gasteiger partial charge on any atom is -0.493 e. The summed E-state index contributed by atoms with van der Waals surface area (Å²) in [6.45, 7) is 5.23. The smallest absolute Gasteiger partial charge is 0.253 e. The standard InChI is InChI=1S/C30H42N6O4/c1-38-26-19-22(20-27(39-2)28(26)40-3)32-30-33-24-9-8-21(18-25(24)36(30)15-7-12-31)29(37)35-16-10-23(11-17-35)34-13-5-4-6-14-34/h8-9,18-20,23H,4-7,10-17,31H2,1-3H3,(H,32,33). The van der Waals surface area contributed by atoms with Crippen LogP contribution in [-0.2, 0) is 6.54 Å². The third kappa shape index (κ3) is 5.83. The summed E-state index contributed by atoms with van der Waals surface area (Å²) in [5.74, 6) is 2.36. The van der Waals surface area contributed by atoms with E-state index < -0.39 is 0 Å². The van der Waals surface area contributed by atoms with Crippen molar-refractivity contribution in [3.63, 3.8) is 0 Å². The first-order valence-corrected chi connectivity index (χ1v) is 14.4. The number of aryl methyl sites for hydroxylation is 1. The Morgan fingerprint density at radius 2 is 1.68 bits per heavy atom. The Bertz CT molecular complexity index is 1290. The van der Waals surface area contributed by atoms with Crippen molar-refractivity contribution >= 4 is 28.6 Å². The number of anilines is 2. The molecular weight excluding hydrogens is 508 g/mol. The van der Waals surface area contributed by atoms with E-state index in [0.717, 1.165) is 49.1 Å². The molecule has 3 N–H and O–H groups in total. The highest BCUT2D eigenvalue weighted by Gasteiger charge is 2.28. The van der Waals surface area contributed by atoms with Gasteiger partial charge in [0.2, 0.25) is 11.7 Å². The SMILES string of the molecule is COc1cc(Nc2nc3ccc(C(=O)N4CCC(N5CCCCC5)CC4)cc3n2CCCN)cc(OC)c1OC. The maximum absolute atomic E-state index is 13.6. The molecule has 2 aromatic carbocycles. The molecule has 2 saturated heterocycles. The molecule has 10 nitrogen and oxygen atoms in total. The number of carbonyl (C=O) groups excluding carboxylic acids is 1. The van der Waals surface area contributed by atoms with Crippen molar-refractivity contribution in [2.75, 3.05) is 59.4 Å². The number of amides is 1. The Hall–Kier alpha value is -3.50. The summed E-state index contributed by atoms with van der Waals surface area (Å²) in [5, 5.41) is 3.42. The molecule has 0 radical (unpaired) electrons. The molecule has 0 bridgehead atoms. The Morgan fingerprint density at radius 3 is 2.30 bits per heavy atom. The fourth-order valence-corrected chi connectivity index (χ4v) is 6.01. The molecular formula is C30H42N6O4. The lowest BCUT2D eigenvalue weighted by atomic mass is 9.99. The number of likely N-dealkylation sites (tertiary alicyclic amines) is 2. The molecule has 0 atom stereocenters. The topological polar surface area (TPSA) is 107 Å². The lowest BCUT2D eigenvalue weighted by Crippen LogP contribution is -2.48. The van der Waals surface area contributed by atoms with E-state index in [9.17, 15) is 4.79 Å². The fraction of sp³-hybridized carbons (Fsp3) is 0.533. The minimum absolute atomic E-state index is 0.0877. The van der Waals surface area contributed by atoms with Gasteiger partial charge in [-0.15, -0.1) is 0 Å². The number of benzene rings is 2. The van der Waals surface area contributed by atoms with Gasteiger partial charge in [-0.3, -0.25) is 4.79 Å². The van der Waals surface area contributed by atoms with Gasteiger partial charge in [-0.2, -0.15) is 0 Å². The summed E-state index contributed by atoms with van der Waals surface area (Å²) in [4.78, 5) is 23.1. The van der Waals surface area contributed by atoms with Crippen molar-refractivity contribution in [1.82, 2.24) is 19.4 Å². The number of fused-ring (bicyclic) bond motifs is 1. The third-order valence-corrected chi connectivity index (χ3v) is 8.16. The molecule has 1 aromatic heterocycles. The molecule has 216 valence electrons. The minimum atomic E-state index is 0.0877. The number of piperidine rings is 2. The van der Waals surface area contributed by atoms with Gasteiger partial charge in [0.25, 0.3) is 5.91 Å². The van der Waals surface area contributed by atoms with E-state index in [1.807, 2.05) is 35.2 Å². The van der Waals surface area contributed by atoms with Gasteiger partial charge in [0.15, 0.2) is 11.5 Å². The number of nitrogens with one attached hydrogen (secondary N) is 1. The molecule has 2 fully saturated rings. The van der Waals surface area contributed by atoms with Gasteiger partial charge in [-0.25, -0.2) is 4.98 Å². The molecule has 40 heavy (non-hydrogen) atoms. The number of hydrogen-bond donors (Lipinski definition) is 2. The zero-order valence-corrected chi connectivity index (χ0v) is 23.9. The van der Waals surface area contributed by atoms with Crippen LogP contribution in [0.4, 0.5) is 11.6 Å². The number of ether oxygens (including phenoxy) is 3. The van der Waals surface area contributed by atoms with Crippen molar-refractivity contribution in [3.8, 4) is 17.2 Å². The second kappa shape index (κ2) is 12.8. The molecule has 2 aliphatic heterocycles. The first-order valence-electron chi connectivity index (χ1n) is 14.4. The predicted molar refractivity (Wildman–Crippen MR) is 157 cm³/mol. The first-order chi connectivity index (χ1) is 19.6. The van der Waals surface area contributed by atoms with Crippen molar-refractivity contribution in [2.45, 2.75) is 51.1 Å². The molecule has 0 spiro atoms. The summed E-state index contributed by atoms with van der Waals surface area (Å²) < 4.78 is 18.6. The van der Waals surface area contributed by atoms with E-state index in [4.69, 9.17) is 24.9 Å². The van der Waals surface area contributed by atoms with Crippen molar-refractivity contribution < 1.29 is 19.0 Å². The van der Waals surface area contributed by atoms with Crippen LogP contribution in [-0.4, -0.2) is 85.4 Å². The normalized spacial score (nSPS) is 16.8. The van der Waals surface area contributed by atoms with E-state index in [1.165, 1.54) is 32.4 Å². The number of hydrogen-bond acceptors (Lipinski definition) is 8. The highest BCUT2D eigenvalue weighted by molar-refractivity contribution is 5.98. The van der Waals surface area contributed by atoms with Gasteiger partial charge in [-0.1, -0.05) is 6.42 Å². The number of nitrogens with zero attached hydrogens (tertiary/aromatic N) is 4. The molecule has 10 heteroatoms. The average Bonchev–Trinajstić information content (AvgIpc) is 3.35. The lowest BCUT2D eigenvalue weighted by Gasteiger charge is -2.40. The zero-order chi connectivity index (χ0) is 28.1. The Labute approximate surface area is 236 Å². The molecule has 5 rings (SSSR count). The fourth-order valence-electron chi connectivity index (χ4n) is 6.01. The molecule has 3 heterocycles. The Kier molecular flexibility index (Phi) is 8.96. The van der Waals surface area contributed by atoms with E-state index in [1.54, 1.807) is 21.3 Å². The van der Waals surface area contributed by atoms with Crippen molar-refractivity contribution in [2.24, 2.45) is 5.73 Å². The molecule has 0 unspecified atom stereocenters. The van der Waals surface area contributed by atoms with Crippen LogP contribution in [0.3, 0.4) is 0 Å². The monoisotopic (exact) mass is 550 g/mol. The maximum atomic E-state index is 13.6. The van der Waals surface area contributed by atoms with Crippen LogP contribution in [0.2, 0.25) is 0 Å². The average molecular weight is 551 g/mol. The van der Waals surface area contributed by atoms with Gasteiger partial charge >= 0.3 is 0 Å². The summed E-state index contributed by atoms with van der Waals surface area (Å²) in [7, 11) is 4.76. The van der Waals surface area contributed by atoms with Gasteiger partial charge in [0.1, 0.15) is 0 Å². The molecule has 0 aliphatic carbocycles. The van der Waals surface area contributed by atoms with Crippen molar-refractivity contribution in [1.29, 1.82) is 0 Å². The quantitative estimate of drug-likeness (QED) is 0.386. The number of rotatable bonds is 10.